The van der Waals surface area contributed by atoms with E-state index in [-0.39, 0.29) is 38.3 Å². The Morgan fingerprint density at radius 3 is 2.06 bits per heavy atom. The number of imide groups is 2. The van der Waals surface area contributed by atoms with Crippen LogP contribution in [0.3, 0.4) is 0 Å². The molecule has 15 heteroatoms. The third kappa shape index (κ3) is 5.85. The summed E-state index contributed by atoms with van der Waals surface area (Å²) in [7, 11) is 1.23. The molecule has 3 heterocycles. The zero-order valence-electron chi connectivity index (χ0n) is 27.6. The van der Waals surface area contributed by atoms with Crippen molar-refractivity contribution in [2.75, 3.05) is 26.7 Å². The van der Waals surface area contributed by atoms with Crippen molar-refractivity contribution >= 4 is 52.6 Å². The van der Waals surface area contributed by atoms with Gasteiger partial charge in [0.2, 0.25) is 23.6 Å². The van der Waals surface area contributed by atoms with Crippen LogP contribution in [0.15, 0.2) is 30.5 Å². The summed E-state index contributed by atoms with van der Waals surface area (Å²) < 4.78 is 4.95. The zero-order chi connectivity index (χ0) is 34.8. The second-order valence-electron chi connectivity index (χ2n) is 13.0. The summed E-state index contributed by atoms with van der Waals surface area (Å²) >= 11 is 0. The molecule has 8 amide bonds. The lowest BCUT2D eigenvalue weighted by Crippen LogP contribution is -2.91. The SMILES string of the molecule is CCCCCNC(=O)CCN1C(=O)NC(=O)[C@]2(C)[C@H]1[C@@H]1N(CCC(=O)N[C@@H](Cc3c[nH]c4ccccc34)C(=O)OC)C(=O)NC(=O)[C@@]12C. The van der Waals surface area contributed by atoms with E-state index in [4.69, 9.17) is 4.74 Å². The molecule has 1 aliphatic carbocycles. The fraction of sp³-hybridized carbons (Fsp3) is 0.545. The van der Waals surface area contributed by atoms with Gasteiger partial charge in [0.25, 0.3) is 0 Å². The molecule has 1 aromatic carbocycles. The molecule has 5 N–H and O–H groups in total. The number of hydrogen-bond donors (Lipinski definition) is 5. The highest BCUT2D eigenvalue weighted by Gasteiger charge is 2.80. The largest absolute Gasteiger partial charge is 0.467 e. The number of esters is 1. The van der Waals surface area contributed by atoms with E-state index in [1.54, 1.807) is 20.0 Å². The van der Waals surface area contributed by atoms with E-state index >= 15 is 0 Å². The van der Waals surface area contributed by atoms with E-state index in [0.29, 0.717) is 6.54 Å². The molecule has 5 rings (SSSR count). The van der Waals surface area contributed by atoms with Crippen LogP contribution in [-0.2, 0) is 35.1 Å². The number of nitrogens with one attached hydrogen (secondary N) is 5. The highest BCUT2D eigenvalue weighted by molar-refractivity contribution is 6.11. The van der Waals surface area contributed by atoms with Gasteiger partial charge in [0.1, 0.15) is 6.04 Å². The normalized spacial score (nSPS) is 25.3. The van der Waals surface area contributed by atoms with Crippen molar-refractivity contribution in [2.45, 2.75) is 77.4 Å². The van der Waals surface area contributed by atoms with Gasteiger partial charge in [-0.15, -0.1) is 0 Å². The summed E-state index contributed by atoms with van der Waals surface area (Å²) in [6.07, 6.45) is 4.41. The fourth-order valence-corrected chi connectivity index (χ4v) is 7.44. The van der Waals surface area contributed by atoms with Crippen molar-refractivity contribution in [1.82, 2.24) is 36.1 Å². The molecular weight excluding hydrogens is 622 g/mol. The number of H-pyrrole nitrogens is 1. The number of amides is 8. The van der Waals surface area contributed by atoms with Crippen LogP contribution in [0.1, 0.15) is 58.4 Å². The van der Waals surface area contributed by atoms with Crippen LogP contribution < -0.4 is 21.3 Å². The topological polar surface area (TPSA) is 199 Å². The number of carbonyl (C=O) groups is 7. The number of para-hydroxylation sites is 1. The predicted molar refractivity (Wildman–Crippen MR) is 172 cm³/mol. The van der Waals surface area contributed by atoms with Crippen LogP contribution in [0.2, 0.25) is 0 Å². The van der Waals surface area contributed by atoms with Gasteiger partial charge in [0.05, 0.1) is 30.0 Å². The summed E-state index contributed by atoms with van der Waals surface area (Å²) in [6, 6.07) is 3.14. The lowest BCUT2D eigenvalue weighted by atomic mass is 9.42. The van der Waals surface area contributed by atoms with Gasteiger partial charge in [-0.05, 0) is 31.9 Å². The van der Waals surface area contributed by atoms with Crippen LogP contribution in [-0.4, -0.2) is 101 Å². The summed E-state index contributed by atoms with van der Waals surface area (Å²) in [5.74, 6) is -2.78. The Kier molecular flexibility index (Phi) is 9.78. The van der Waals surface area contributed by atoms with E-state index in [1.165, 1.54) is 16.9 Å². The minimum Gasteiger partial charge on any atom is -0.467 e. The van der Waals surface area contributed by atoms with Gasteiger partial charge in [-0.2, -0.15) is 0 Å². The molecule has 0 spiro atoms. The monoisotopic (exact) mass is 665 g/mol. The lowest BCUT2D eigenvalue weighted by Gasteiger charge is -2.71. The molecule has 5 atom stereocenters. The van der Waals surface area contributed by atoms with Crippen molar-refractivity contribution in [3.63, 3.8) is 0 Å². The van der Waals surface area contributed by atoms with Crippen LogP contribution in [0.25, 0.3) is 10.9 Å². The third-order valence-corrected chi connectivity index (χ3v) is 10.3. The van der Waals surface area contributed by atoms with Crippen molar-refractivity contribution < 1.29 is 38.3 Å². The summed E-state index contributed by atoms with van der Waals surface area (Å²) in [4.78, 5) is 97.4. The van der Waals surface area contributed by atoms with Gasteiger partial charge in [0, 0.05) is 56.0 Å². The molecule has 1 aromatic heterocycles. The molecule has 2 aliphatic heterocycles. The maximum Gasteiger partial charge on any atom is 0.328 e. The zero-order valence-corrected chi connectivity index (χ0v) is 27.6. The number of aromatic amines is 1. The molecule has 258 valence electrons. The Balaban J connectivity index is 1.31. The first-order valence-electron chi connectivity index (χ1n) is 16.3. The molecule has 15 nitrogen and oxygen atoms in total. The number of aromatic nitrogens is 1. The van der Waals surface area contributed by atoms with Gasteiger partial charge >= 0.3 is 18.0 Å². The van der Waals surface area contributed by atoms with E-state index in [0.717, 1.165) is 35.7 Å². The molecule has 3 aliphatic rings. The van der Waals surface area contributed by atoms with Crippen molar-refractivity contribution in [1.29, 1.82) is 0 Å². The Morgan fingerprint density at radius 2 is 1.48 bits per heavy atom. The van der Waals surface area contributed by atoms with Crippen molar-refractivity contribution in [3.8, 4) is 0 Å². The molecule has 0 bridgehead atoms. The Morgan fingerprint density at radius 1 is 0.896 bits per heavy atom. The number of methoxy groups -OCH3 is 1. The average Bonchev–Trinajstić information content (AvgIpc) is 3.47. The molecule has 3 fully saturated rings. The predicted octanol–water partition coefficient (Wildman–Crippen LogP) is 1.32. The summed E-state index contributed by atoms with van der Waals surface area (Å²) in [5, 5.41) is 11.1. The maximum atomic E-state index is 13.4. The first kappa shape index (κ1) is 34.4. The molecule has 48 heavy (non-hydrogen) atoms. The van der Waals surface area contributed by atoms with Crippen LogP contribution >= 0.6 is 0 Å². The van der Waals surface area contributed by atoms with E-state index in [9.17, 15) is 33.6 Å². The van der Waals surface area contributed by atoms with Crippen molar-refractivity contribution in [3.05, 3.63) is 36.0 Å². The Labute approximate surface area is 277 Å². The van der Waals surface area contributed by atoms with Gasteiger partial charge in [-0.1, -0.05) is 38.0 Å². The fourth-order valence-electron chi connectivity index (χ4n) is 7.44. The first-order valence-corrected chi connectivity index (χ1v) is 16.3. The van der Waals surface area contributed by atoms with Gasteiger partial charge in [-0.25, -0.2) is 14.4 Å². The number of unbranched alkanes of at least 4 members (excludes halogenated alkanes) is 2. The number of carbonyl (C=O) groups excluding carboxylic acids is 7. The number of urea groups is 2. The Hall–Kier alpha value is -4.95. The summed E-state index contributed by atoms with van der Waals surface area (Å²) in [6.45, 7) is 5.46. The maximum absolute atomic E-state index is 13.4. The van der Waals surface area contributed by atoms with Crippen LogP contribution in [0, 0.1) is 10.8 Å². The van der Waals surface area contributed by atoms with Gasteiger partial charge in [0.15, 0.2) is 0 Å². The molecular formula is C33H43N7O8. The van der Waals surface area contributed by atoms with Crippen molar-refractivity contribution in [2.24, 2.45) is 10.8 Å². The first-order chi connectivity index (χ1) is 22.9. The second-order valence-corrected chi connectivity index (χ2v) is 13.0. The number of fused-ring (bicyclic) bond motifs is 5. The van der Waals surface area contributed by atoms with E-state index < -0.39 is 64.7 Å². The molecule has 0 unspecified atom stereocenters. The number of hydrogen-bond acceptors (Lipinski definition) is 8. The quantitative estimate of drug-likeness (QED) is 0.147. The van der Waals surface area contributed by atoms with Crippen LogP contribution in [0.4, 0.5) is 9.59 Å². The minimum atomic E-state index is -1.45. The number of rotatable bonds is 14. The van der Waals surface area contributed by atoms with Gasteiger partial charge in [-0.3, -0.25) is 29.8 Å². The van der Waals surface area contributed by atoms with Crippen LogP contribution in [0.5, 0.6) is 0 Å². The second kappa shape index (κ2) is 13.6. The highest BCUT2D eigenvalue weighted by atomic mass is 16.5. The lowest BCUT2D eigenvalue weighted by molar-refractivity contribution is -0.213. The molecule has 2 saturated heterocycles. The smallest absolute Gasteiger partial charge is 0.328 e. The minimum absolute atomic E-state index is 0.0440. The van der Waals surface area contributed by atoms with Gasteiger partial charge < -0.3 is 30.2 Å². The number of nitrogens with zero attached hydrogens (tertiary/aromatic N) is 2. The highest BCUT2D eigenvalue weighted by Crippen LogP contribution is 2.63. The average molecular weight is 666 g/mol. The third-order valence-electron chi connectivity index (χ3n) is 10.3. The number of benzene rings is 1. The Bertz CT molecular complexity index is 1640. The summed E-state index contributed by atoms with van der Waals surface area (Å²) in [5.41, 5.74) is -1.20. The molecule has 0 radical (unpaired) electrons. The molecule has 2 aromatic rings. The van der Waals surface area contributed by atoms with E-state index in [1.807, 2.05) is 24.3 Å². The molecule has 1 saturated carbocycles. The number of ether oxygens (including phenoxy) is 1. The van der Waals surface area contributed by atoms with E-state index in [2.05, 4.69) is 33.2 Å². The standard InChI is InChI=1S/C33H43N7O8/c1-5-6-9-14-34-23(41)12-15-39-25-26-33(3,32(25,2)28(44)37-30(39)46)29(45)38-31(47)40(26)16-13-24(42)36-22(27(43)48-4)17-19-18-35-21-11-8-7-10-20(19)21/h7-8,10-11,18,22,25-26,35H,5-6,9,12-17H2,1-4H3,(H,34,41)(H,36,42)(H,37,44,46)(H,38,45,47)/t22-,25+,26-,32-,33+/m0/s1.